The van der Waals surface area contributed by atoms with Crippen molar-refractivity contribution in [3.05, 3.63) is 58.9 Å². The first kappa shape index (κ1) is 15.3. The predicted octanol–water partition coefficient (Wildman–Crippen LogP) is 3.62. The van der Waals surface area contributed by atoms with Gasteiger partial charge in [-0.2, -0.15) is 10.4 Å². The molecule has 2 aromatic carbocycles. The van der Waals surface area contributed by atoms with Gasteiger partial charge in [-0.25, -0.2) is 4.39 Å². The molecule has 124 valence electrons. The molecule has 2 atom stereocenters. The lowest BCUT2D eigenvalue weighted by atomic mass is 10.1. The number of carbonyl (C=O) groups excluding carboxylic acids is 1. The maximum atomic E-state index is 13.8. The van der Waals surface area contributed by atoms with E-state index in [1.807, 2.05) is 13.0 Å². The molecule has 6 heteroatoms. The number of rotatable bonds is 3. The third kappa shape index (κ3) is 2.64. The highest BCUT2D eigenvalue weighted by Crippen LogP contribution is 2.48. The Morgan fingerprint density at radius 2 is 2.20 bits per heavy atom. The van der Waals surface area contributed by atoms with E-state index in [0.717, 1.165) is 10.9 Å². The highest BCUT2D eigenvalue weighted by atomic mass is 19.1. The van der Waals surface area contributed by atoms with Crippen LogP contribution in [-0.4, -0.2) is 16.1 Å². The van der Waals surface area contributed by atoms with Gasteiger partial charge in [0.25, 0.3) is 0 Å². The van der Waals surface area contributed by atoms with Crippen molar-refractivity contribution in [2.75, 3.05) is 5.32 Å². The van der Waals surface area contributed by atoms with Gasteiger partial charge in [0.1, 0.15) is 5.82 Å². The van der Waals surface area contributed by atoms with Crippen LogP contribution in [0, 0.1) is 30.0 Å². The Morgan fingerprint density at radius 3 is 2.96 bits per heavy atom. The zero-order valence-corrected chi connectivity index (χ0v) is 13.5. The van der Waals surface area contributed by atoms with Crippen molar-refractivity contribution in [1.29, 1.82) is 5.26 Å². The van der Waals surface area contributed by atoms with Crippen LogP contribution in [-0.2, 0) is 4.79 Å². The molecule has 3 aromatic rings. The summed E-state index contributed by atoms with van der Waals surface area (Å²) in [5.41, 5.74) is 2.67. The summed E-state index contributed by atoms with van der Waals surface area (Å²) in [6, 6.07) is 12.2. The lowest BCUT2D eigenvalue weighted by Crippen LogP contribution is -2.15. The van der Waals surface area contributed by atoms with Gasteiger partial charge in [-0.3, -0.25) is 9.89 Å². The number of nitrogens with zero attached hydrogens (tertiary/aromatic N) is 2. The minimum absolute atomic E-state index is 0.0849. The molecule has 0 bridgehead atoms. The van der Waals surface area contributed by atoms with Crippen LogP contribution in [0.1, 0.15) is 29.0 Å². The van der Waals surface area contributed by atoms with E-state index in [0.29, 0.717) is 28.9 Å². The summed E-state index contributed by atoms with van der Waals surface area (Å²) in [4.78, 5) is 12.5. The molecule has 0 aliphatic heterocycles. The monoisotopic (exact) mass is 334 g/mol. The van der Waals surface area contributed by atoms with E-state index in [2.05, 4.69) is 21.6 Å². The molecule has 25 heavy (non-hydrogen) atoms. The van der Waals surface area contributed by atoms with E-state index < -0.39 is 0 Å². The third-order valence-electron chi connectivity index (χ3n) is 4.70. The van der Waals surface area contributed by atoms with Crippen molar-refractivity contribution < 1.29 is 9.18 Å². The topological polar surface area (TPSA) is 81.6 Å². The normalized spacial score (nSPS) is 18.8. The van der Waals surface area contributed by atoms with Crippen molar-refractivity contribution in [2.24, 2.45) is 5.92 Å². The molecule has 5 nitrogen and oxygen atoms in total. The predicted molar refractivity (Wildman–Crippen MR) is 91.4 cm³/mol. The molecule has 0 saturated heterocycles. The number of nitriles is 1. The van der Waals surface area contributed by atoms with Gasteiger partial charge in [-0.05, 0) is 48.6 Å². The minimum Gasteiger partial charge on any atom is -0.308 e. The quantitative estimate of drug-likeness (QED) is 0.767. The number of aryl methyl sites for hydroxylation is 1. The van der Waals surface area contributed by atoms with E-state index in [-0.39, 0.29) is 23.6 Å². The number of aromatic amines is 1. The van der Waals surface area contributed by atoms with E-state index in [1.165, 1.54) is 6.07 Å². The van der Waals surface area contributed by atoms with Gasteiger partial charge in [-0.15, -0.1) is 0 Å². The van der Waals surface area contributed by atoms with Crippen molar-refractivity contribution in [3.63, 3.8) is 0 Å². The number of benzene rings is 2. The number of anilines is 1. The summed E-state index contributed by atoms with van der Waals surface area (Å²) in [5.74, 6) is -0.329. The number of amides is 1. The number of fused-ring (bicyclic) bond motifs is 1. The third-order valence-corrected chi connectivity index (χ3v) is 4.70. The largest absolute Gasteiger partial charge is 0.308 e. The second-order valence-electron chi connectivity index (χ2n) is 6.36. The molecular formula is C19H15FN4O. The fourth-order valence-electron chi connectivity index (χ4n) is 3.20. The Balaban J connectivity index is 1.55. The summed E-state index contributed by atoms with van der Waals surface area (Å²) in [6.07, 6.45) is 0.632. The molecule has 1 aromatic heterocycles. The lowest BCUT2D eigenvalue weighted by Gasteiger charge is -2.04. The van der Waals surface area contributed by atoms with Crippen LogP contribution in [0.2, 0.25) is 0 Å². The molecule has 1 amide bonds. The molecule has 2 N–H and O–H groups in total. The molecular weight excluding hydrogens is 319 g/mol. The van der Waals surface area contributed by atoms with Gasteiger partial charge in [0.2, 0.25) is 5.91 Å². The Hall–Kier alpha value is -3.20. The molecule has 0 spiro atoms. The number of H-pyrrole nitrogens is 1. The molecule has 0 radical (unpaired) electrons. The van der Waals surface area contributed by atoms with Crippen LogP contribution >= 0.6 is 0 Å². The summed E-state index contributed by atoms with van der Waals surface area (Å²) in [7, 11) is 0. The number of halogens is 1. The first-order valence-corrected chi connectivity index (χ1v) is 8.02. The van der Waals surface area contributed by atoms with Gasteiger partial charge in [-0.1, -0.05) is 18.2 Å². The van der Waals surface area contributed by atoms with Crippen LogP contribution in [0.3, 0.4) is 0 Å². The smallest absolute Gasteiger partial charge is 0.229 e. The summed E-state index contributed by atoms with van der Waals surface area (Å²) in [6.45, 7) is 1.84. The summed E-state index contributed by atoms with van der Waals surface area (Å²) in [5, 5.41) is 19.6. The minimum atomic E-state index is -0.271. The molecule has 1 heterocycles. The zero-order valence-electron chi connectivity index (χ0n) is 13.5. The zero-order chi connectivity index (χ0) is 17.6. The molecule has 4 rings (SSSR count). The first-order chi connectivity index (χ1) is 12.1. The van der Waals surface area contributed by atoms with Crippen LogP contribution in [0.25, 0.3) is 10.9 Å². The van der Waals surface area contributed by atoms with E-state index >= 15 is 0 Å². The fraction of sp³-hybridized carbons (Fsp3) is 0.211. The molecule has 1 fully saturated rings. The lowest BCUT2D eigenvalue weighted by molar-refractivity contribution is -0.117. The number of nitrogens with one attached hydrogen (secondary N) is 2. The number of hydrogen-bond donors (Lipinski definition) is 2. The van der Waals surface area contributed by atoms with E-state index in [4.69, 9.17) is 5.26 Å². The van der Waals surface area contributed by atoms with Crippen LogP contribution < -0.4 is 5.32 Å². The fourth-order valence-corrected chi connectivity index (χ4v) is 3.20. The Bertz CT molecular complexity index is 1030. The van der Waals surface area contributed by atoms with Crippen molar-refractivity contribution >= 4 is 22.6 Å². The van der Waals surface area contributed by atoms with Gasteiger partial charge in [0.05, 0.1) is 17.1 Å². The maximum Gasteiger partial charge on any atom is 0.229 e. The van der Waals surface area contributed by atoms with Crippen molar-refractivity contribution in [3.8, 4) is 6.07 Å². The number of carbonyl (C=O) groups is 1. The second-order valence-corrected chi connectivity index (χ2v) is 6.36. The number of aromatic nitrogens is 2. The average Bonchev–Trinajstić information content (AvgIpc) is 3.32. The first-order valence-electron chi connectivity index (χ1n) is 8.02. The van der Waals surface area contributed by atoms with Gasteiger partial charge in [0, 0.05) is 11.3 Å². The standard InChI is InChI=1S/C19H15FN4O/c1-10-6-15-17(7-11(10)9-21)23-24-18(15)22-19(25)14-8-13(14)12-4-2-3-5-16(12)20/h2-7,13-14H,8H2,1H3,(H2,22,23,24,25)/t13-,14+/m0/s1. The Kier molecular flexibility index (Phi) is 3.50. The van der Waals surface area contributed by atoms with E-state index in [9.17, 15) is 9.18 Å². The molecule has 1 saturated carbocycles. The summed E-state index contributed by atoms with van der Waals surface area (Å²) < 4.78 is 13.8. The highest BCUT2D eigenvalue weighted by molar-refractivity contribution is 6.02. The second kappa shape index (κ2) is 5.71. The SMILES string of the molecule is Cc1cc2c(NC(=O)[C@@H]3C[C@H]3c3ccccc3F)n[nH]c2cc1C#N. The summed E-state index contributed by atoms with van der Waals surface area (Å²) >= 11 is 0. The van der Waals surface area contributed by atoms with Crippen LogP contribution in [0.4, 0.5) is 10.2 Å². The van der Waals surface area contributed by atoms with Crippen LogP contribution in [0.5, 0.6) is 0 Å². The van der Waals surface area contributed by atoms with Gasteiger partial charge < -0.3 is 5.32 Å². The van der Waals surface area contributed by atoms with Crippen molar-refractivity contribution in [1.82, 2.24) is 10.2 Å². The van der Waals surface area contributed by atoms with Crippen LogP contribution in [0.15, 0.2) is 36.4 Å². The molecule has 1 aliphatic rings. The van der Waals surface area contributed by atoms with Gasteiger partial charge in [0.15, 0.2) is 5.82 Å². The highest BCUT2D eigenvalue weighted by Gasteiger charge is 2.45. The molecule has 1 aliphatic carbocycles. The molecule has 0 unspecified atom stereocenters. The van der Waals surface area contributed by atoms with Gasteiger partial charge >= 0.3 is 0 Å². The Morgan fingerprint density at radius 1 is 1.40 bits per heavy atom. The maximum absolute atomic E-state index is 13.8. The van der Waals surface area contributed by atoms with Crippen molar-refractivity contribution in [2.45, 2.75) is 19.3 Å². The van der Waals surface area contributed by atoms with E-state index in [1.54, 1.807) is 24.3 Å². The Labute approximate surface area is 143 Å². The average molecular weight is 334 g/mol. The number of hydrogen-bond acceptors (Lipinski definition) is 3.